The van der Waals surface area contributed by atoms with Crippen LogP contribution in [-0.4, -0.2) is 14.5 Å². The van der Waals surface area contributed by atoms with E-state index in [-0.39, 0.29) is 5.56 Å². The van der Waals surface area contributed by atoms with E-state index in [0.717, 1.165) is 28.7 Å². The minimum absolute atomic E-state index is 0.107. The molecule has 0 unspecified atom stereocenters. The second kappa shape index (κ2) is 4.28. The molecule has 0 radical (unpaired) electrons. The van der Waals surface area contributed by atoms with Crippen LogP contribution < -0.4 is 5.56 Å². The van der Waals surface area contributed by atoms with Crippen LogP contribution in [0.2, 0.25) is 0 Å². The van der Waals surface area contributed by atoms with Gasteiger partial charge in [-0.1, -0.05) is 12.1 Å². The van der Waals surface area contributed by atoms with Crippen molar-refractivity contribution in [1.82, 2.24) is 14.5 Å². The molecule has 0 amide bonds. The van der Waals surface area contributed by atoms with Crippen molar-refractivity contribution in [2.24, 2.45) is 0 Å². The Hall–Kier alpha value is -1.95. The van der Waals surface area contributed by atoms with E-state index in [1.54, 1.807) is 4.57 Å². The first-order chi connectivity index (χ1) is 9.74. The van der Waals surface area contributed by atoms with Crippen LogP contribution in [0.3, 0.4) is 0 Å². The maximum absolute atomic E-state index is 12.3. The van der Waals surface area contributed by atoms with Gasteiger partial charge >= 0.3 is 0 Å². The van der Waals surface area contributed by atoms with Crippen LogP contribution in [0.5, 0.6) is 0 Å². The third-order valence-corrected chi connectivity index (χ3v) is 4.18. The highest BCUT2D eigenvalue weighted by atomic mass is 79.9. The standard InChI is InChI=1S/C14H10BrN3O2/c15-9-5-2-1-4-8(9)12-17-11-13(20-12)16-10-6-3-7-18(10)14(11)19/h1-2,4-5H,3,6-7H2. The summed E-state index contributed by atoms with van der Waals surface area (Å²) in [6.45, 7) is 0.717. The van der Waals surface area contributed by atoms with Crippen molar-refractivity contribution in [3.05, 3.63) is 44.9 Å². The van der Waals surface area contributed by atoms with Crippen LogP contribution in [0.4, 0.5) is 0 Å². The van der Waals surface area contributed by atoms with Gasteiger partial charge in [0.1, 0.15) is 5.82 Å². The molecule has 0 saturated carbocycles. The van der Waals surface area contributed by atoms with Crippen molar-refractivity contribution in [1.29, 1.82) is 0 Å². The van der Waals surface area contributed by atoms with Crippen molar-refractivity contribution in [2.45, 2.75) is 19.4 Å². The van der Waals surface area contributed by atoms with Crippen molar-refractivity contribution in [3.8, 4) is 11.5 Å². The molecule has 0 bridgehead atoms. The molecule has 0 spiro atoms. The average molecular weight is 332 g/mol. The van der Waals surface area contributed by atoms with Gasteiger partial charge in [0.05, 0.1) is 5.56 Å². The van der Waals surface area contributed by atoms with Crippen molar-refractivity contribution >= 4 is 27.2 Å². The number of nitrogens with zero attached hydrogens (tertiary/aromatic N) is 3. The normalized spacial score (nSPS) is 13.8. The molecule has 3 aromatic rings. The van der Waals surface area contributed by atoms with Crippen LogP contribution in [-0.2, 0) is 13.0 Å². The van der Waals surface area contributed by atoms with E-state index in [1.165, 1.54) is 0 Å². The lowest BCUT2D eigenvalue weighted by Gasteiger charge is -1.98. The second-order valence-electron chi connectivity index (χ2n) is 4.74. The lowest BCUT2D eigenvalue weighted by molar-refractivity contribution is 0.602. The van der Waals surface area contributed by atoms with Crippen molar-refractivity contribution < 1.29 is 4.42 Å². The summed E-state index contributed by atoms with van der Waals surface area (Å²) in [6.07, 6.45) is 1.77. The van der Waals surface area contributed by atoms with Gasteiger partial charge in [-0.15, -0.1) is 0 Å². The summed E-state index contributed by atoms with van der Waals surface area (Å²) < 4.78 is 8.24. The third-order valence-electron chi connectivity index (χ3n) is 3.49. The lowest BCUT2D eigenvalue weighted by atomic mass is 10.2. The minimum Gasteiger partial charge on any atom is -0.417 e. The van der Waals surface area contributed by atoms with Gasteiger partial charge < -0.3 is 4.42 Å². The SMILES string of the molecule is O=c1c2nc(-c3ccccc3Br)oc2nc2n1CCC2. The Morgan fingerprint density at radius 2 is 2.10 bits per heavy atom. The number of fused-ring (bicyclic) bond motifs is 2. The van der Waals surface area contributed by atoms with Gasteiger partial charge in [-0.25, -0.2) is 4.98 Å². The number of halogens is 1. The van der Waals surface area contributed by atoms with Gasteiger partial charge in [0.25, 0.3) is 11.3 Å². The molecule has 0 fully saturated rings. The molecule has 0 N–H and O–H groups in total. The van der Waals surface area contributed by atoms with Crippen LogP contribution in [0.25, 0.3) is 22.7 Å². The highest BCUT2D eigenvalue weighted by molar-refractivity contribution is 9.10. The largest absolute Gasteiger partial charge is 0.417 e. The maximum atomic E-state index is 12.3. The zero-order valence-electron chi connectivity index (χ0n) is 10.5. The number of aromatic nitrogens is 3. The summed E-state index contributed by atoms with van der Waals surface area (Å²) in [5, 5.41) is 0. The van der Waals surface area contributed by atoms with Gasteiger partial charge in [-0.3, -0.25) is 9.36 Å². The molecule has 100 valence electrons. The third kappa shape index (κ3) is 1.64. The maximum Gasteiger partial charge on any atom is 0.283 e. The average Bonchev–Trinajstić information content (AvgIpc) is 3.06. The van der Waals surface area contributed by atoms with Gasteiger partial charge in [-0.2, -0.15) is 4.98 Å². The number of rotatable bonds is 1. The first kappa shape index (κ1) is 11.8. The molecule has 0 atom stereocenters. The van der Waals surface area contributed by atoms with Crippen molar-refractivity contribution in [3.63, 3.8) is 0 Å². The van der Waals surface area contributed by atoms with E-state index in [0.29, 0.717) is 23.7 Å². The molecular formula is C14H10BrN3O2. The molecular weight excluding hydrogens is 322 g/mol. The summed E-state index contributed by atoms with van der Waals surface area (Å²) in [6, 6.07) is 7.61. The Balaban J connectivity index is 1.99. The number of hydrogen-bond donors (Lipinski definition) is 0. The topological polar surface area (TPSA) is 60.9 Å². The van der Waals surface area contributed by atoms with E-state index < -0.39 is 0 Å². The fourth-order valence-electron chi connectivity index (χ4n) is 2.52. The van der Waals surface area contributed by atoms with E-state index >= 15 is 0 Å². The fourth-order valence-corrected chi connectivity index (χ4v) is 2.97. The molecule has 1 aliphatic rings. The van der Waals surface area contributed by atoms with E-state index in [1.807, 2.05) is 24.3 Å². The summed E-state index contributed by atoms with van der Waals surface area (Å²) >= 11 is 3.46. The smallest absolute Gasteiger partial charge is 0.283 e. The molecule has 0 saturated heterocycles. The molecule has 5 nitrogen and oxygen atoms in total. The Bertz CT molecular complexity index is 882. The van der Waals surface area contributed by atoms with Gasteiger partial charge in [-0.05, 0) is 34.5 Å². The molecule has 1 aliphatic heterocycles. The van der Waals surface area contributed by atoms with Crippen LogP contribution in [0.1, 0.15) is 12.2 Å². The number of hydrogen-bond acceptors (Lipinski definition) is 4. The number of benzene rings is 1. The molecule has 3 heterocycles. The van der Waals surface area contributed by atoms with E-state index in [9.17, 15) is 4.79 Å². The zero-order valence-corrected chi connectivity index (χ0v) is 12.1. The predicted molar refractivity (Wildman–Crippen MR) is 77.5 cm³/mol. The number of oxazole rings is 1. The zero-order chi connectivity index (χ0) is 13.7. The first-order valence-electron chi connectivity index (χ1n) is 6.39. The molecule has 6 heteroatoms. The minimum atomic E-state index is -0.107. The second-order valence-corrected chi connectivity index (χ2v) is 5.60. The van der Waals surface area contributed by atoms with Gasteiger partial charge in [0, 0.05) is 17.4 Å². The summed E-state index contributed by atoms with van der Waals surface area (Å²) in [5.41, 5.74) is 1.34. The molecule has 2 aromatic heterocycles. The van der Waals surface area contributed by atoms with Crippen molar-refractivity contribution in [2.75, 3.05) is 0 Å². The number of aryl methyl sites for hydroxylation is 1. The monoisotopic (exact) mass is 331 g/mol. The van der Waals surface area contributed by atoms with Crippen LogP contribution >= 0.6 is 15.9 Å². The van der Waals surface area contributed by atoms with Gasteiger partial charge in [0.15, 0.2) is 5.52 Å². The summed E-state index contributed by atoms with van der Waals surface area (Å²) in [5.74, 6) is 1.21. The highest BCUT2D eigenvalue weighted by Crippen LogP contribution is 2.29. The Morgan fingerprint density at radius 3 is 2.95 bits per heavy atom. The van der Waals surface area contributed by atoms with Gasteiger partial charge in [0.2, 0.25) is 5.89 Å². The quantitative estimate of drug-likeness (QED) is 0.687. The fraction of sp³-hybridized carbons (Fsp3) is 0.214. The molecule has 1 aromatic carbocycles. The lowest BCUT2D eigenvalue weighted by Crippen LogP contribution is -2.20. The Morgan fingerprint density at radius 1 is 1.25 bits per heavy atom. The molecule has 4 rings (SSSR count). The van der Waals surface area contributed by atoms with Crippen LogP contribution in [0.15, 0.2) is 37.9 Å². The Kier molecular flexibility index (Phi) is 2.53. The molecule has 20 heavy (non-hydrogen) atoms. The van der Waals surface area contributed by atoms with E-state index in [2.05, 4.69) is 25.9 Å². The highest BCUT2D eigenvalue weighted by Gasteiger charge is 2.21. The molecule has 0 aliphatic carbocycles. The van der Waals surface area contributed by atoms with Crippen LogP contribution in [0, 0.1) is 0 Å². The summed E-state index contributed by atoms with van der Waals surface area (Å²) in [7, 11) is 0. The van der Waals surface area contributed by atoms with E-state index in [4.69, 9.17) is 4.42 Å². The Labute approximate surface area is 122 Å². The predicted octanol–water partition coefficient (Wildman–Crippen LogP) is 2.76. The summed E-state index contributed by atoms with van der Waals surface area (Å²) in [4.78, 5) is 21.1. The first-order valence-corrected chi connectivity index (χ1v) is 7.18.